The third-order valence-electron chi connectivity index (χ3n) is 5.80. The van der Waals surface area contributed by atoms with Crippen LogP contribution in [0, 0.1) is 16.0 Å². The van der Waals surface area contributed by atoms with E-state index in [1.54, 1.807) is 18.2 Å². The van der Waals surface area contributed by atoms with E-state index >= 15 is 0 Å². The van der Waals surface area contributed by atoms with Gasteiger partial charge < -0.3 is 32.7 Å². The van der Waals surface area contributed by atoms with E-state index in [1.165, 1.54) is 17.8 Å². The van der Waals surface area contributed by atoms with Gasteiger partial charge in [-0.25, -0.2) is 0 Å². The lowest BCUT2D eigenvalue weighted by molar-refractivity contribution is -0.269. The first-order valence-electron chi connectivity index (χ1n) is 12.0. The molecule has 0 radical (unpaired) electrons. The Morgan fingerprint density at radius 3 is 2.13 bits per heavy atom. The number of esters is 4. The number of aromatic nitrogens is 1. The van der Waals surface area contributed by atoms with E-state index in [0.29, 0.717) is 23.4 Å². The fourth-order valence-corrected chi connectivity index (χ4v) is 4.75. The summed E-state index contributed by atoms with van der Waals surface area (Å²) in [6.45, 7) is 6.05. The topological polar surface area (TPSA) is 156 Å². The second-order valence-corrected chi connectivity index (χ2v) is 9.02. The van der Waals surface area contributed by atoms with Crippen LogP contribution in [-0.2, 0) is 49.3 Å². The van der Waals surface area contributed by atoms with Crippen LogP contribution in [0.4, 0.5) is 0 Å². The molecule has 0 aromatic carbocycles. The monoisotopic (exact) mass is 560 g/mol. The first-order valence-corrected chi connectivity index (χ1v) is 12.4. The van der Waals surface area contributed by atoms with Crippen LogP contribution in [0.1, 0.15) is 52.1 Å². The molecule has 208 valence electrons. The number of nitrogens with zero attached hydrogens (tertiary/aromatic N) is 2. The summed E-state index contributed by atoms with van der Waals surface area (Å²) in [5.41, 5.74) is 1.10. The maximum absolute atomic E-state index is 12.2. The van der Waals surface area contributed by atoms with E-state index in [4.69, 9.17) is 40.3 Å². The molecule has 3 rings (SSSR count). The summed E-state index contributed by atoms with van der Waals surface area (Å²) in [6.07, 6.45) is -4.66. The fourth-order valence-electron chi connectivity index (χ4n) is 4.37. The second kappa shape index (κ2) is 12.7. The van der Waals surface area contributed by atoms with Gasteiger partial charge in [-0.15, -0.1) is 0 Å². The summed E-state index contributed by atoms with van der Waals surface area (Å²) in [6, 6.07) is 7.15. The number of hydrogen-bond acceptors (Lipinski definition) is 12. The molecule has 0 unspecified atom stereocenters. The zero-order valence-corrected chi connectivity index (χ0v) is 22.8. The van der Waals surface area contributed by atoms with Crippen LogP contribution in [0.25, 0.3) is 11.3 Å². The van der Waals surface area contributed by atoms with Crippen LogP contribution < -0.4 is 0 Å². The highest BCUT2D eigenvalue weighted by atomic mass is 32.1. The summed E-state index contributed by atoms with van der Waals surface area (Å²) < 4.78 is 34.9. The average Bonchev–Trinajstić information content (AvgIpc) is 3.39. The molecule has 0 saturated carbocycles. The molecular weight excluding hydrogens is 532 g/mol. The normalized spacial score (nSPS) is 22.3. The minimum Gasteiger partial charge on any atom is -0.464 e. The minimum atomic E-state index is -1.38. The van der Waals surface area contributed by atoms with Crippen LogP contribution in [0.3, 0.4) is 0 Å². The smallest absolute Gasteiger partial charge is 0.303 e. The molecule has 1 aliphatic heterocycles. The maximum atomic E-state index is 12.2. The quantitative estimate of drug-likeness (QED) is 0.264. The molecule has 0 amide bonds. The Labute approximate surface area is 229 Å². The van der Waals surface area contributed by atoms with Crippen molar-refractivity contribution in [3.63, 3.8) is 0 Å². The van der Waals surface area contributed by atoms with E-state index in [2.05, 4.69) is 6.07 Å². The molecule has 39 heavy (non-hydrogen) atoms. The van der Waals surface area contributed by atoms with Crippen molar-refractivity contribution in [1.29, 1.82) is 5.26 Å². The van der Waals surface area contributed by atoms with Gasteiger partial charge in [0.2, 0.25) is 0 Å². The van der Waals surface area contributed by atoms with Crippen LogP contribution in [0.5, 0.6) is 0 Å². The van der Waals surface area contributed by atoms with Crippen molar-refractivity contribution in [1.82, 2.24) is 4.57 Å². The Bertz CT molecular complexity index is 1340. The van der Waals surface area contributed by atoms with Crippen molar-refractivity contribution < 1.29 is 47.3 Å². The Kier molecular flexibility index (Phi) is 9.61. The fraction of sp³-hybridized carbons (Fsp3) is 0.462. The zero-order chi connectivity index (χ0) is 28.9. The summed E-state index contributed by atoms with van der Waals surface area (Å²) in [4.78, 5) is 48.0. The molecule has 0 N–H and O–H groups in total. The zero-order valence-electron chi connectivity index (χ0n) is 22.0. The first-order chi connectivity index (χ1) is 18.5. The van der Waals surface area contributed by atoms with Gasteiger partial charge in [-0.3, -0.25) is 19.2 Å². The summed E-state index contributed by atoms with van der Waals surface area (Å²) in [5.74, 6) is -2.47. The van der Waals surface area contributed by atoms with Crippen LogP contribution in [-0.4, -0.2) is 59.5 Å². The number of furan rings is 1. The Morgan fingerprint density at radius 1 is 1.00 bits per heavy atom. The molecule has 0 spiro atoms. The number of hydrogen-bond donors (Lipinski definition) is 0. The van der Waals surface area contributed by atoms with E-state index in [0.717, 1.165) is 20.8 Å². The van der Waals surface area contributed by atoms with Crippen LogP contribution in [0.2, 0.25) is 0 Å². The third kappa shape index (κ3) is 6.71. The predicted molar refractivity (Wildman–Crippen MR) is 134 cm³/mol. The van der Waals surface area contributed by atoms with Crippen LogP contribution in [0.15, 0.2) is 28.9 Å². The summed E-state index contributed by atoms with van der Waals surface area (Å²) in [7, 11) is 0. The molecule has 13 heteroatoms. The number of ether oxygens (including phenoxy) is 5. The number of carbonyl (C=O) groups is 4. The Morgan fingerprint density at radius 2 is 1.62 bits per heavy atom. The maximum Gasteiger partial charge on any atom is 0.303 e. The lowest BCUT2D eigenvalue weighted by Crippen LogP contribution is -2.60. The third-order valence-corrected chi connectivity index (χ3v) is 6.20. The van der Waals surface area contributed by atoms with Crippen molar-refractivity contribution in [2.45, 2.75) is 71.7 Å². The molecule has 5 atom stereocenters. The highest BCUT2D eigenvalue weighted by molar-refractivity contribution is 7.71. The Hall–Kier alpha value is -4.02. The molecule has 1 saturated heterocycles. The van der Waals surface area contributed by atoms with Crippen molar-refractivity contribution >= 4 is 36.1 Å². The van der Waals surface area contributed by atoms with E-state index < -0.39 is 61.1 Å². The molecule has 0 bridgehead atoms. The van der Waals surface area contributed by atoms with Gasteiger partial charge in [0.05, 0.1) is 11.8 Å². The van der Waals surface area contributed by atoms with Gasteiger partial charge in [0.1, 0.15) is 29.2 Å². The van der Waals surface area contributed by atoms with Crippen LogP contribution >= 0.6 is 12.2 Å². The first kappa shape index (κ1) is 29.5. The summed E-state index contributed by atoms with van der Waals surface area (Å²) >= 11 is 5.72. The lowest BCUT2D eigenvalue weighted by atomic mass is 9.96. The van der Waals surface area contributed by atoms with Gasteiger partial charge in [-0.2, -0.15) is 5.26 Å². The molecule has 12 nitrogen and oxygen atoms in total. The average molecular weight is 561 g/mol. The number of nitriles is 1. The van der Waals surface area contributed by atoms with E-state index in [-0.39, 0.29) is 10.2 Å². The molecule has 2 aromatic heterocycles. The van der Waals surface area contributed by atoms with E-state index in [9.17, 15) is 24.4 Å². The van der Waals surface area contributed by atoms with Crippen molar-refractivity contribution in [2.24, 2.45) is 0 Å². The second-order valence-electron chi connectivity index (χ2n) is 8.63. The Balaban J connectivity index is 2.28. The summed E-state index contributed by atoms with van der Waals surface area (Å²) in [5, 5.41) is 10.0. The molecule has 0 aliphatic carbocycles. The predicted octanol–water partition coefficient (Wildman–Crippen LogP) is 3.17. The van der Waals surface area contributed by atoms with Crippen molar-refractivity contribution in [3.8, 4) is 17.4 Å². The molecular formula is C26H28N2O10S. The van der Waals surface area contributed by atoms with Gasteiger partial charge in [0.15, 0.2) is 24.5 Å². The van der Waals surface area contributed by atoms with Gasteiger partial charge in [-0.1, -0.05) is 19.1 Å². The van der Waals surface area contributed by atoms with E-state index in [1.807, 2.05) is 6.92 Å². The number of aryl methyl sites for hydroxylation is 1. The van der Waals surface area contributed by atoms with Crippen molar-refractivity contribution in [3.05, 3.63) is 40.4 Å². The molecule has 2 aromatic rings. The standard InChI is InChI=1S/C26H28N2O10S/c1-6-17-10-18(20-8-7-9-33-20)19(11-27)26(39)28(17)25-24(37-16(5)32)23(36-15(4)31)22(35-14(3)30)21(38-25)12-34-13(2)29/h7-10,21-25H,6,12H2,1-5H3/t21-,22+,23+,24-,25+/m0/s1. The van der Waals surface area contributed by atoms with Gasteiger partial charge in [0, 0.05) is 39.0 Å². The van der Waals surface area contributed by atoms with Gasteiger partial charge >= 0.3 is 23.9 Å². The largest absolute Gasteiger partial charge is 0.464 e. The SMILES string of the molecule is CCc1cc(-c2ccco2)c(C#N)c(=S)n1[C@@H]1O[C@@H](COC(C)=O)[C@@H](OC(C)=O)[C@@H](OC(C)=O)[C@@H]1OC(C)=O. The molecule has 3 heterocycles. The van der Waals surface area contributed by atoms with Gasteiger partial charge in [-0.05, 0) is 24.6 Å². The van der Waals surface area contributed by atoms with Crippen molar-refractivity contribution in [2.75, 3.05) is 6.61 Å². The number of rotatable bonds is 8. The van der Waals surface area contributed by atoms with Gasteiger partial charge in [0.25, 0.3) is 0 Å². The number of carbonyl (C=O) groups excluding carboxylic acids is 4. The number of pyridine rings is 1. The minimum absolute atomic E-state index is 0.0316. The molecule has 1 aliphatic rings. The highest BCUT2D eigenvalue weighted by Gasteiger charge is 2.53. The lowest BCUT2D eigenvalue weighted by Gasteiger charge is -2.45. The molecule has 1 fully saturated rings. The highest BCUT2D eigenvalue weighted by Crippen LogP contribution is 2.37.